The van der Waals surface area contributed by atoms with E-state index in [9.17, 15) is 4.79 Å². The number of aromatic nitrogens is 2. The first-order valence-corrected chi connectivity index (χ1v) is 6.52. The lowest BCUT2D eigenvalue weighted by Crippen LogP contribution is -2.26. The lowest BCUT2D eigenvalue weighted by atomic mass is 10.1. The van der Waals surface area contributed by atoms with E-state index in [4.69, 9.17) is 0 Å². The Labute approximate surface area is 116 Å². The Morgan fingerprint density at radius 1 is 1.20 bits per heavy atom. The van der Waals surface area contributed by atoms with Crippen LogP contribution in [0.25, 0.3) is 10.9 Å². The van der Waals surface area contributed by atoms with Gasteiger partial charge in [-0.05, 0) is 36.8 Å². The van der Waals surface area contributed by atoms with Crippen LogP contribution < -0.4 is 5.32 Å². The molecule has 1 aromatic carbocycles. The van der Waals surface area contributed by atoms with E-state index in [0.717, 1.165) is 16.5 Å². The SMILES string of the molecule is CC(NC(=O)c1cc2ccccc2[nH]1)c1ccncc1. The van der Waals surface area contributed by atoms with Crippen LogP contribution in [0.5, 0.6) is 0 Å². The van der Waals surface area contributed by atoms with Gasteiger partial charge in [-0.1, -0.05) is 18.2 Å². The van der Waals surface area contributed by atoms with Crippen LogP contribution in [0.2, 0.25) is 0 Å². The minimum Gasteiger partial charge on any atom is -0.351 e. The highest BCUT2D eigenvalue weighted by atomic mass is 16.1. The summed E-state index contributed by atoms with van der Waals surface area (Å²) in [6, 6.07) is 13.4. The number of H-pyrrole nitrogens is 1. The van der Waals surface area contributed by atoms with Crippen LogP contribution in [0, 0.1) is 0 Å². The van der Waals surface area contributed by atoms with Gasteiger partial charge in [0, 0.05) is 23.3 Å². The van der Waals surface area contributed by atoms with Gasteiger partial charge in [-0.15, -0.1) is 0 Å². The predicted octanol–water partition coefficient (Wildman–Crippen LogP) is 3.05. The molecule has 2 aromatic heterocycles. The highest BCUT2D eigenvalue weighted by Gasteiger charge is 2.13. The molecule has 3 rings (SSSR count). The topological polar surface area (TPSA) is 57.8 Å². The summed E-state index contributed by atoms with van der Waals surface area (Å²) in [7, 11) is 0. The largest absolute Gasteiger partial charge is 0.351 e. The zero-order chi connectivity index (χ0) is 13.9. The molecule has 0 aliphatic carbocycles. The number of nitrogens with zero attached hydrogens (tertiary/aromatic N) is 1. The summed E-state index contributed by atoms with van der Waals surface area (Å²) in [5.41, 5.74) is 2.57. The number of amides is 1. The van der Waals surface area contributed by atoms with Gasteiger partial charge >= 0.3 is 0 Å². The van der Waals surface area contributed by atoms with Crippen LogP contribution in [0.3, 0.4) is 0 Å². The second kappa shape index (κ2) is 5.17. The highest BCUT2D eigenvalue weighted by Crippen LogP contribution is 2.16. The number of nitrogens with one attached hydrogen (secondary N) is 2. The highest BCUT2D eigenvalue weighted by molar-refractivity contribution is 5.98. The van der Waals surface area contributed by atoms with E-state index >= 15 is 0 Å². The molecule has 3 aromatic rings. The molecule has 2 heterocycles. The van der Waals surface area contributed by atoms with Gasteiger partial charge in [0.15, 0.2) is 0 Å². The summed E-state index contributed by atoms with van der Waals surface area (Å²) < 4.78 is 0. The smallest absolute Gasteiger partial charge is 0.268 e. The van der Waals surface area contributed by atoms with Crippen molar-refractivity contribution in [2.75, 3.05) is 0 Å². The summed E-state index contributed by atoms with van der Waals surface area (Å²) in [6.07, 6.45) is 3.45. The number of para-hydroxylation sites is 1. The van der Waals surface area contributed by atoms with Gasteiger partial charge in [0.25, 0.3) is 5.91 Å². The van der Waals surface area contributed by atoms with Crippen molar-refractivity contribution >= 4 is 16.8 Å². The Kier molecular flexibility index (Phi) is 3.21. The number of fused-ring (bicyclic) bond motifs is 1. The Morgan fingerprint density at radius 2 is 1.95 bits per heavy atom. The molecule has 1 amide bonds. The third-order valence-electron chi connectivity index (χ3n) is 3.33. The number of hydrogen-bond acceptors (Lipinski definition) is 2. The molecule has 0 saturated carbocycles. The fourth-order valence-corrected chi connectivity index (χ4v) is 2.21. The molecule has 1 atom stereocenters. The summed E-state index contributed by atoms with van der Waals surface area (Å²) in [4.78, 5) is 19.3. The van der Waals surface area contributed by atoms with Gasteiger partial charge in [0.2, 0.25) is 0 Å². The lowest BCUT2D eigenvalue weighted by Gasteiger charge is -2.13. The van der Waals surface area contributed by atoms with Gasteiger partial charge in [-0.2, -0.15) is 0 Å². The maximum absolute atomic E-state index is 12.2. The van der Waals surface area contributed by atoms with Gasteiger partial charge in [0.05, 0.1) is 6.04 Å². The number of aromatic amines is 1. The minimum atomic E-state index is -0.106. The molecule has 0 spiro atoms. The fraction of sp³-hybridized carbons (Fsp3) is 0.125. The van der Waals surface area contributed by atoms with E-state index in [1.54, 1.807) is 12.4 Å². The molecule has 0 aliphatic rings. The molecule has 1 unspecified atom stereocenters. The number of carbonyl (C=O) groups is 1. The predicted molar refractivity (Wildman–Crippen MR) is 78.4 cm³/mol. The van der Waals surface area contributed by atoms with Gasteiger partial charge < -0.3 is 10.3 Å². The second-order valence-electron chi connectivity index (χ2n) is 4.75. The van der Waals surface area contributed by atoms with E-state index in [0.29, 0.717) is 5.69 Å². The zero-order valence-corrected chi connectivity index (χ0v) is 11.1. The van der Waals surface area contributed by atoms with Gasteiger partial charge in [-0.25, -0.2) is 0 Å². The van der Waals surface area contributed by atoms with Crippen molar-refractivity contribution in [2.45, 2.75) is 13.0 Å². The van der Waals surface area contributed by atoms with Crippen molar-refractivity contribution in [1.82, 2.24) is 15.3 Å². The maximum atomic E-state index is 12.2. The summed E-state index contributed by atoms with van der Waals surface area (Å²) in [5.74, 6) is -0.106. The van der Waals surface area contributed by atoms with Crippen LogP contribution in [0.4, 0.5) is 0 Å². The maximum Gasteiger partial charge on any atom is 0.268 e. The number of pyridine rings is 1. The molecule has 20 heavy (non-hydrogen) atoms. The van der Waals surface area contributed by atoms with Crippen molar-refractivity contribution in [3.63, 3.8) is 0 Å². The third kappa shape index (κ3) is 2.40. The number of benzene rings is 1. The Balaban J connectivity index is 1.79. The van der Waals surface area contributed by atoms with Crippen LogP contribution in [-0.2, 0) is 0 Å². The van der Waals surface area contributed by atoms with Crippen molar-refractivity contribution in [2.24, 2.45) is 0 Å². The van der Waals surface area contributed by atoms with E-state index in [2.05, 4.69) is 15.3 Å². The minimum absolute atomic E-state index is 0.0584. The molecule has 2 N–H and O–H groups in total. The van der Waals surface area contributed by atoms with Gasteiger partial charge in [-0.3, -0.25) is 9.78 Å². The quantitative estimate of drug-likeness (QED) is 0.764. The molecule has 0 bridgehead atoms. The standard InChI is InChI=1S/C16H15N3O/c1-11(12-6-8-17-9-7-12)18-16(20)15-10-13-4-2-3-5-14(13)19-15/h2-11,19H,1H3,(H,18,20). The Hall–Kier alpha value is -2.62. The molecular formula is C16H15N3O. The van der Waals surface area contributed by atoms with Crippen LogP contribution in [0.15, 0.2) is 54.9 Å². The average Bonchev–Trinajstić information content (AvgIpc) is 2.92. The molecule has 0 fully saturated rings. The third-order valence-corrected chi connectivity index (χ3v) is 3.33. The Bertz CT molecular complexity index is 701. The summed E-state index contributed by atoms with van der Waals surface area (Å²) >= 11 is 0. The molecule has 100 valence electrons. The first-order chi connectivity index (χ1) is 9.74. The summed E-state index contributed by atoms with van der Waals surface area (Å²) in [5, 5.41) is 4.01. The van der Waals surface area contributed by atoms with Crippen molar-refractivity contribution in [3.05, 3.63) is 66.1 Å². The summed E-state index contributed by atoms with van der Waals surface area (Å²) in [6.45, 7) is 1.95. The second-order valence-corrected chi connectivity index (χ2v) is 4.75. The molecule has 0 radical (unpaired) electrons. The zero-order valence-electron chi connectivity index (χ0n) is 11.1. The van der Waals surface area contributed by atoms with Crippen LogP contribution in [-0.4, -0.2) is 15.9 Å². The van der Waals surface area contributed by atoms with E-state index < -0.39 is 0 Å². The van der Waals surface area contributed by atoms with E-state index in [-0.39, 0.29) is 11.9 Å². The average molecular weight is 265 g/mol. The molecule has 4 heteroatoms. The monoisotopic (exact) mass is 265 g/mol. The molecule has 0 saturated heterocycles. The number of carbonyl (C=O) groups excluding carboxylic acids is 1. The van der Waals surface area contributed by atoms with E-state index in [1.165, 1.54) is 0 Å². The molecular weight excluding hydrogens is 250 g/mol. The number of hydrogen-bond donors (Lipinski definition) is 2. The van der Waals surface area contributed by atoms with E-state index in [1.807, 2.05) is 49.4 Å². The molecule has 4 nitrogen and oxygen atoms in total. The lowest BCUT2D eigenvalue weighted by molar-refractivity contribution is 0.0935. The molecule has 0 aliphatic heterocycles. The van der Waals surface area contributed by atoms with Crippen molar-refractivity contribution < 1.29 is 4.79 Å². The fourth-order valence-electron chi connectivity index (χ4n) is 2.21. The normalized spacial score (nSPS) is 12.2. The van der Waals surface area contributed by atoms with Gasteiger partial charge in [0.1, 0.15) is 5.69 Å². The van der Waals surface area contributed by atoms with Crippen molar-refractivity contribution in [3.8, 4) is 0 Å². The Morgan fingerprint density at radius 3 is 2.70 bits per heavy atom. The van der Waals surface area contributed by atoms with Crippen LogP contribution in [0.1, 0.15) is 29.0 Å². The van der Waals surface area contributed by atoms with Crippen molar-refractivity contribution in [1.29, 1.82) is 0 Å². The van der Waals surface area contributed by atoms with Crippen LogP contribution >= 0.6 is 0 Å². The first kappa shape index (κ1) is 12.4. The number of rotatable bonds is 3. The first-order valence-electron chi connectivity index (χ1n) is 6.52.